The lowest BCUT2D eigenvalue weighted by Crippen LogP contribution is -2.31. The summed E-state index contributed by atoms with van der Waals surface area (Å²) in [6.07, 6.45) is 5.31. The molecule has 1 aromatic heterocycles. The van der Waals surface area contributed by atoms with Crippen molar-refractivity contribution in [3.8, 4) is 11.5 Å². The molecule has 2 aromatic rings. The first-order valence-electron chi connectivity index (χ1n) is 9.73. The Morgan fingerprint density at radius 3 is 2.54 bits per heavy atom. The van der Waals surface area contributed by atoms with Crippen molar-refractivity contribution in [3.05, 3.63) is 47.3 Å². The molecular formula is C22H29N3O3. The molecule has 0 bridgehead atoms. The number of benzene rings is 1. The van der Waals surface area contributed by atoms with Gasteiger partial charge in [0.15, 0.2) is 11.5 Å². The van der Waals surface area contributed by atoms with Crippen LogP contribution in [0.2, 0.25) is 0 Å². The fourth-order valence-corrected chi connectivity index (χ4v) is 3.40. The van der Waals surface area contributed by atoms with Gasteiger partial charge in [-0.2, -0.15) is 0 Å². The number of carbonyl (C=O) groups excluding carboxylic acids is 1. The predicted molar refractivity (Wildman–Crippen MR) is 110 cm³/mol. The van der Waals surface area contributed by atoms with Gasteiger partial charge in [0.05, 0.1) is 31.7 Å². The topological polar surface area (TPSA) is 63.7 Å². The summed E-state index contributed by atoms with van der Waals surface area (Å²) in [6.45, 7) is 6.58. The fraction of sp³-hybridized carbons (Fsp3) is 0.455. The highest BCUT2D eigenvalue weighted by Gasteiger charge is 2.20. The summed E-state index contributed by atoms with van der Waals surface area (Å²) < 4.78 is 10.8. The summed E-state index contributed by atoms with van der Waals surface area (Å²) in [5.74, 6) is 1.99. The summed E-state index contributed by atoms with van der Waals surface area (Å²) in [5.41, 5.74) is 4.02. The average molecular weight is 383 g/mol. The molecule has 0 saturated carbocycles. The molecule has 0 unspecified atom stereocenters. The Labute approximate surface area is 166 Å². The number of anilines is 1. The van der Waals surface area contributed by atoms with Crippen molar-refractivity contribution < 1.29 is 14.3 Å². The van der Waals surface area contributed by atoms with Crippen molar-refractivity contribution in [1.82, 2.24) is 10.3 Å². The summed E-state index contributed by atoms with van der Waals surface area (Å²) >= 11 is 0. The number of aromatic nitrogens is 1. The monoisotopic (exact) mass is 383 g/mol. The Balaban J connectivity index is 1.74. The third-order valence-electron chi connectivity index (χ3n) is 5.08. The van der Waals surface area contributed by atoms with E-state index in [-0.39, 0.29) is 5.91 Å². The molecule has 0 radical (unpaired) electrons. The van der Waals surface area contributed by atoms with Crippen LogP contribution in [0.15, 0.2) is 30.6 Å². The molecule has 6 nitrogen and oxygen atoms in total. The molecular weight excluding hydrogens is 354 g/mol. The molecule has 1 N–H and O–H groups in total. The Hall–Kier alpha value is -2.76. The molecule has 1 aliphatic rings. The van der Waals surface area contributed by atoms with Crippen LogP contribution in [0.4, 0.5) is 5.69 Å². The van der Waals surface area contributed by atoms with Gasteiger partial charge >= 0.3 is 0 Å². The number of ether oxygens (including phenoxy) is 2. The quantitative estimate of drug-likeness (QED) is 0.794. The van der Waals surface area contributed by atoms with Gasteiger partial charge in [0.25, 0.3) is 5.91 Å². The second-order valence-corrected chi connectivity index (χ2v) is 7.52. The second kappa shape index (κ2) is 8.95. The normalized spacial score (nSPS) is 13.2. The SMILES string of the molecule is COc1cc2c(cc1OC)CN(c1cncc(C(=O)NCCC(C)C)c1)CC2. The van der Waals surface area contributed by atoms with Gasteiger partial charge < -0.3 is 19.7 Å². The van der Waals surface area contributed by atoms with E-state index < -0.39 is 0 Å². The average Bonchev–Trinajstić information content (AvgIpc) is 2.72. The minimum Gasteiger partial charge on any atom is -0.493 e. The molecule has 150 valence electrons. The number of fused-ring (bicyclic) bond motifs is 1. The first kappa shape index (κ1) is 20.0. The van der Waals surface area contributed by atoms with Crippen LogP contribution in [-0.4, -0.2) is 38.2 Å². The van der Waals surface area contributed by atoms with Crippen LogP contribution in [0.25, 0.3) is 0 Å². The van der Waals surface area contributed by atoms with Crippen LogP contribution in [-0.2, 0) is 13.0 Å². The number of nitrogens with one attached hydrogen (secondary N) is 1. The Kier molecular flexibility index (Phi) is 6.39. The van der Waals surface area contributed by atoms with E-state index in [1.54, 1.807) is 20.4 Å². The largest absolute Gasteiger partial charge is 0.493 e. The maximum atomic E-state index is 12.4. The van der Waals surface area contributed by atoms with E-state index >= 15 is 0 Å². The van der Waals surface area contributed by atoms with E-state index in [4.69, 9.17) is 9.47 Å². The minimum atomic E-state index is -0.0705. The van der Waals surface area contributed by atoms with Gasteiger partial charge in [0, 0.05) is 25.8 Å². The molecule has 1 aliphatic heterocycles. The first-order valence-corrected chi connectivity index (χ1v) is 9.73. The van der Waals surface area contributed by atoms with Gasteiger partial charge in [0.1, 0.15) is 0 Å². The van der Waals surface area contributed by atoms with E-state index in [0.717, 1.165) is 43.1 Å². The number of rotatable bonds is 7. The molecule has 1 amide bonds. The highest BCUT2D eigenvalue weighted by Crippen LogP contribution is 2.34. The zero-order valence-corrected chi connectivity index (χ0v) is 17.1. The molecule has 0 atom stereocenters. The zero-order valence-electron chi connectivity index (χ0n) is 17.1. The van der Waals surface area contributed by atoms with E-state index in [1.165, 1.54) is 11.1 Å². The predicted octanol–water partition coefficient (Wildman–Crippen LogP) is 3.44. The van der Waals surface area contributed by atoms with Gasteiger partial charge in [-0.25, -0.2) is 0 Å². The van der Waals surface area contributed by atoms with E-state index in [9.17, 15) is 4.79 Å². The lowest BCUT2D eigenvalue weighted by atomic mass is 9.98. The molecule has 0 fully saturated rings. The highest BCUT2D eigenvalue weighted by atomic mass is 16.5. The van der Waals surface area contributed by atoms with Crippen LogP contribution in [0, 0.1) is 5.92 Å². The molecule has 28 heavy (non-hydrogen) atoms. The van der Waals surface area contributed by atoms with Crippen LogP contribution < -0.4 is 19.7 Å². The van der Waals surface area contributed by atoms with Crippen LogP contribution in [0.1, 0.15) is 41.8 Å². The molecule has 2 heterocycles. The lowest BCUT2D eigenvalue weighted by molar-refractivity contribution is 0.0951. The third-order valence-corrected chi connectivity index (χ3v) is 5.08. The number of amides is 1. The van der Waals surface area contributed by atoms with E-state index in [2.05, 4.69) is 35.1 Å². The summed E-state index contributed by atoms with van der Waals surface area (Å²) in [6, 6.07) is 6.02. The van der Waals surface area contributed by atoms with Crippen molar-refractivity contribution in [1.29, 1.82) is 0 Å². The third kappa shape index (κ3) is 4.55. The van der Waals surface area contributed by atoms with Crippen LogP contribution >= 0.6 is 0 Å². The fourth-order valence-electron chi connectivity index (χ4n) is 3.40. The maximum Gasteiger partial charge on any atom is 0.252 e. The number of carbonyl (C=O) groups is 1. The molecule has 0 saturated heterocycles. The van der Waals surface area contributed by atoms with E-state index in [0.29, 0.717) is 18.0 Å². The van der Waals surface area contributed by atoms with Crippen LogP contribution in [0.3, 0.4) is 0 Å². The number of methoxy groups -OCH3 is 2. The molecule has 0 aliphatic carbocycles. The second-order valence-electron chi connectivity index (χ2n) is 7.52. The molecule has 1 aromatic carbocycles. The number of nitrogens with zero attached hydrogens (tertiary/aromatic N) is 2. The van der Waals surface area contributed by atoms with Crippen LogP contribution in [0.5, 0.6) is 11.5 Å². The molecule has 3 rings (SSSR count). The Morgan fingerprint density at radius 1 is 1.14 bits per heavy atom. The van der Waals surface area contributed by atoms with Crippen molar-refractivity contribution in [2.24, 2.45) is 5.92 Å². The van der Waals surface area contributed by atoms with Gasteiger partial charge in [0.2, 0.25) is 0 Å². The van der Waals surface area contributed by atoms with Crippen molar-refractivity contribution >= 4 is 11.6 Å². The van der Waals surface area contributed by atoms with E-state index in [1.807, 2.05) is 18.3 Å². The van der Waals surface area contributed by atoms with Crippen molar-refractivity contribution in [2.45, 2.75) is 33.2 Å². The summed E-state index contributed by atoms with van der Waals surface area (Å²) in [4.78, 5) is 18.9. The Morgan fingerprint density at radius 2 is 1.86 bits per heavy atom. The van der Waals surface area contributed by atoms with Crippen molar-refractivity contribution in [2.75, 3.05) is 32.2 Å². The number of hydrogen-bond donors (Lipinski definition) is 1. The van der Waals surface area contributed by atoms with Crippen molar-refractivity contribution in [3.63, 3.8) is 0 Å². The van der Waals surface area contributed by atoms with Gasteiger partial charge in [-0.05, 0) is 48.1 Å². The minimum absolute atomic E-state index is 0.0705. The highest BCUT2D eigenvalue weighted by molar-refractivity contribution is 5.94. The smallest absolute Gasteiger partial charge is 0.252 e. The van der Waals surface area contributed by atoms with Gasteiger partial charge in [-0.15, -0.1) is 0 Å². The van der Waals surface area contributed by atoms with Gasteiger partial charge in [-0.1, -0.05) is 13.8 Å². The van der Waals surface area contributed by atoms with Gasteiger partial charge in [-0.3, -0.25) is 9.78 Å². The summed E-state index contributed by atoms with van der Waals surface area (Å²) in [7, 11) is 3.30. The first-order chi connectivity index (χ1) is 13.5. The lowest BCUT2D eigenvalue weighted by Gasteiger charge is -2.31. The standard InChI is InChI=1S/C22H29N3O3/c1-15(2)5-7-24-22(26)17-9-19(13-23-12-17)25-8-6-16-10-20(27-3)21(28-4)11-18(16)14-25/h9-13,15H,5-8,14H2,1-4H3,(H,24,26). The maximum absolute atomic E-state index is 12.4. The number of hydrogen-bond acceptors (Lipinski definition) is 5. The zero-order chi connectivity index (χ0) is 20.1. The molecule has 0 spiro atoms. The Bertz CT molecular complexity index is 836. The summed E-state index contributed by atoms with van der Waals surface area (Å²) in [5, 5.41) is 2.98. The molecule has 6 heteroatoms. The number of pyridine rings is 1.